The van der Waals surface area contributed by atoms with Crippen molar-refractivity contribution in [1.29, 1.82) is 0 Å². The first-order valence-corrected chi connectivity index (χ1v) is 8.70. The minimum absolute atomic E-state index is 0.571. The van der Waals surface area contributed by atoms with Crippen LogP contribution in [0, 0.1) is 0 Å². The zero-order valence-electron chi connectivity index (χ0n) is 12.7. The summed E-state index contributed by atoms with van der Waals surface area (Å²) >= 11 is 1.82. The van der Waals surface area contributed by atoms with E-state index in [4.69, 9.17) is 4.98 Å². The number of hydrogen-bond donors (Lipinski definition) is 0. The summed E-state index contributed by atoms with van der Waals surface area (Å²) in [7, 11) is 0. The summed E-state index contributed by atoms with van der Waals surface area (Å²) < 4.78 is 1.81. The van der Waals surface area contributed by atoms with E-state index in [2.05, 4.69) is 22.0 Å². The fourth-order valence-corrected chi connectivity index (χ4v) is 4.81. The van der Waals surface area contributed by atoms with Crippen molar-refractivity contribution in [2.45, 2.75) is 32.1 Å². The Morgan fingerprint density at radius 1 is 1.26 bits per heavy atom. The molecule has 23 heavy (non-hydrogen) atoms. The van der Waals surface area contributed by atoms with Gasteiger partial charge in [0, 0.05) is 22.8 Å². The molecule has 0 radical (unpaired) electrons. The highest BCUT2D eigenvalue weighted by Crippen LogP contribution is 2.42. The molecule has 0 saturated carbocycles. The van der Waals surface area contributed by atoms with Crippen LogP contribution in [-0.4, -0.2) is 24.6 Å². The van der Waals surface area contributed by atoms with Gasteiger partial charge in [0.1, 0.15) is 11.2 Å². The first-order valence-electron chi connectivity index (χ1n) is 7.88. The molecule has 1 atom stereocenters. The van der Waals surface area contributed by atoms with Crippen molar-refractivity contribution in [3.05, 3.63) is 41.3 Å². The van der Waals surface area contributed by atoms with Crippen LogP contribution in [0.4, 0.5) is 0 Å². The van der Waals surface area contributed by atoms with Gasteiger partial charge in [0.2, 0.25) is 0 Å². The van der Waals surface area contributed by atoms with Crippen molar-refractivity contribution in [1.82, 2.24) is 24.6 Å². The number of rotatable bonds is 1. The van der Waals surface area contributed by atoms with Gasteiger partial charge < -0.3 is 0 Å². The van der Waals surface area contributed by atoms with Gasteiger partial charge in [-0.1, -0.05) is 6.92 Å². The summed E-state index contributed by atoms with van der Waals surface area (Å²) in [6.45, 7) is 2.31. The lowest BCUT2D eigenvalue weighted by Crippen LogP contribution is -2.04. The highest BCUT2D eigenvalue weighted by molar-refractivity contribution is 7.19. The summed E-state index contributed by atoms with van der Waals surface area (Å²) in [6.07, 6.45) is 8.99. The summed E-state index contributed by atoms with van der Waals surface area (Å²) in [5, 5.41) is 5.81. The van der Waals surface area contributed by atoms with Crippen molar-refractivity contribution < 1.29 is 0 Å². The molecule has 5 nitrogen and oxygen atoms in total. The average Bonchev–Trinajstić information content (AvgIpc) is 3.17. The molecule has 0 fully saturated rings. The van der Waals surface area contributed by atoms with Crippen molar-refractivity contribution >= 4 is 27.2 Å². The Kier molecular flexibility index (Phi) is 2.76. The van der Waals surface area contributed by atoms with Gasteiger partial charge >= 0.3 is 0 Å². The van der Waals surface area contributed by atoms with E-state index in [1.807, 2.05) is 28.0 Å². The van der Waals surface area contributed by atoms with Gasteiger partial charge in [-0.05, 0) is 42.9 Å². The largest absolute Gasteiger partial charge is 0.265 e. The van der Waals surface area contributed by atoms with E-state index in [9.17, 15) is 0 Å². The molecule has 1 aliphatic carbocycles. The van der Waals surface area contributed by atoms with Crippen LogP contribution in [0.2, 0.25) is 0 Å². The van der Waals surface area contributed by atoms with Crippen LogP contribution in [0.3, 0.4) is 0 Å². The van der Waals surface area contributed by atoms with Gasteiger partial charge in [0.15, 0.2) is 11.5 Å². The fourth-order valence-electron chi connectivity index (χ4n) is 3.51. The van der Waals surface area contributed by atoms with E-state index in [1.54, 1.807) is 18.7 Å². The lowest BCUT2D eigenvalue weighted by Gasteiger charge is -2.18. The van der Waals surface area contributed by atoms with Crippen LogP contribution in [0.25, 0.3) is 27.3 Å². The summed E-state index contributed by atoms with van der Waals surface area (Å²) in [5.74, 6) is 1.30. The van der Waals surface area contributed by atoms with Crippen molar-refractivity contribution in [3.8, 4) is 11.4 Å². The molecule has 0 aromatic carbocycles. The molecule has 5 rings (SSSR count). The second kappa shape index (κ2) is 4.83. The number of thiophene rings is 1. The third kappa shape index (κ3) is 1.91. The minimum Gasteiger partial charge on any atom is -0.265 e. The van der Waals surface area contributed by atoms with Crippen molar-refractivity contribution in [2.75, 3.05) is 0 Å². The van der Waals surface area contributed by atoms with Gasteiger partial charge in [-0.2, -0.15) is 0 Å². The van der Waals surface area contributed by atoms with Crippen LogP contribution >= 0.6 is 11.3 Å². The summed E-state index contributed by atoms with van der Waals surface area (Å²) in [6, 6.07) is 3.87. The molecule has 0 aliphatic heterocycles. The van der Waals surface area contributed by atoms with E-state index < -0.39 is 0 Å². The molecule has 0 saturated heterocycles. The molecular formula is C17H15N5S. The molecule has 4 aromatic rings. The van der Waals surface area contributed by atoms with E-state index in [1.165, 1.54) is 28.7 Å². The first-order chi connectivity index (χ1) is 11.3. The van der Waals surface area contributed by atoms with Crippen molar-refractivity contribution in [2.24, 2.45) is 0 Å². The Hall–Kier alpha value is -2.34. The molecule has 0 N–H and O–H groups in total. The number of fused-ring (bicyclic) bond motifs is 5. The van der Waals surface area contributed by atoms with E-state index >= 15 is 0 Å². The molecular weight excluding hydrogens is 306 g/mol. The number of aryl methyl sites for hydroxylation is 1. The van der Waals surface area contributed by atoms with Crippen LogP contribution in [0.1, 0.15) is 36.1 Å². The molecule has 6 heteroatoms. The molecule has 1 aliphatic rings. The third-order valence-electron chi connectivity index (χ3n) is 4.62. The predicted octanol–water partition coefficient (Wildman–Crippen LogP) is 3.84. The molecule has 4 heterocycles. The predicted molar refractivity (Wildman–Crippen MR) is 90.7 cm³/mol. The number of pyridine rings is 1. The highest BCUT2D eigenvalue weighted by atomic mass is 32.1. The van der Waals surface area contributed by atoms with Gasteiger partial charge in [0.05, 0.1) is 5.39 Å². The lowest BCUT2D eigenvalue weighted by molar-refractivity contribution is 0.602. The maximum absolute atomic E-state index is 4.82. The summed E-state index contributed by atoms with van der Waals surface area (Å²) in [4.78, 5) is 16.1. The maximum Gasteiger partial charge on any atom is 0.182 e. The van der Waals surface area contributed by atoms with E-state index in [0.717, 1.165) is 28.3 Å². The van der Waals surface area contributed by atoms with E-state index in [0.29, 0.717) is 5.92 Å². The minimum atomic E-state index is 0.571. The molecule has 114 valence electrons. The van der Waals surface area contributed by atoms with E-state index in [-0.39, 0.29) is 0 Å². The highest BCUT2D eigenvalue weighted by Gasteiger charge is 2.25. The normalized spacial score (nSPS) is 17.7. The number of hydrogen-bond acceptors (Lipinski definition) is 5. The Morgan fingerprint density at radius 2 is 2.13 bits per heavy atom. The van der Waals surface area contributed by atoms with Crippen molar-refractivity contribution in [3.63, 3.8) is 0 Å². The SMILES string of the molecule is C[C@H]1CCCc2sc3ncn4nc(-c5ccncc5)nc4c3c21. The Bertz CT molecular complexity index is 1020. The standard InChI is InChI=1S/C17H15N5S/c1-10-3-2-4-12-13(10)14-16-20-15(11-5-7-18-8-6-11)21-22(16)9-19-17(14)23-12/h5-10H,2-4H2,1H3/t10-/m0/s1. The van der Waals surface area contributed by atoms with Crippen LogP contribution in [0.15, 0.2) is 30.9 Å². The zero-order chi connectivity index (χ0) is 15.4. The van der Waals surface area contributed by atoms with Gasteiger partial charge in [-0.25, -0.2) is 14.5 Å². The van der Waals surface area contributed by atoms with Crippen LogP contribution in [0.5, 0.6) is 0 Å². The summed E-state index contributed by atoms with van der Waals surface area (Å²) in [5.41, 5.74) is 3.35. The van der Waals surface area contributed by atoms with Gasteiger partial charge in [-0.3, -0.25) is 4.98 Å². The van der Waals surface area contributed by atoms with Gasteiger partial charge in [0.25, 0.3) is 0 Å². The molecule has 0 amide bonds. The Morgan fingerprint density at radius 3 is 3.00 bits per heavy atom. The lowest BCUT2D eigenvalue weighted by atomic mass is 9.87. The Balaban J connectivity index is 1.82. The van der Waals surface area contributed by atoms with Crippen LogP contribution in [-0.2, 0) is 6.42 Å². The number of nitrogens with zero attached hydrogens (tertiary/aromatic N) is 5. The monoisotopic (exact) mass is 321 g/mol. The second-order valence-corrected chi connectivity index (χ2v) is 7.18. The zero-order valence-corrected chi connectivity index (χ0v) is 13.5. The average molecular weight is 321 g/mol. The quantitative estimate of drug-likeness (QED) is 0.534. The van der Waals surface area contributed by atoms with Crippen LogP contribution < -0.4 is 0 Å². The topological polar surface area (TPSA) is 56.0 Å². The first kappa shape index (κ1) is 13.1. The maximum atomic E-state index is 4.82. The van der Waals surface area contributed by atoms with Gasteiger partial charge in [-0.15, -0.1) is 16.4 Å². The molecule has 0 unspecified atom stereocenters. The fraction of sp³-hybridized carbons (Fsp3) is 0.294. The second-order valence-electron chi connectivity index (χ2n) is 6.10. The third-order valence-corrected chi connectivity index (χ3v) is 5.79. The smallest absolute Gasteiger partial charge is 0.182 e. The molecule has 0 bridgehead atoms. The number of aromatic nitrogens is 5. The Labute approximate surface area is 137 Å². The molecule has 0 spiro atoms. The molecule has 4 aromatic heterocycles.